The van der Waals surface area contributed by atoms with Crippen molar-refractivity contribution in [2.45, 2.75) is 19.3 Å². The molecule has 2 aromatic rings. The number of anilines is 1. The van der Waals surface area contributed by atoms with Gasteiger partial charge in [0.05, 0.1) is 26.7 Å². The molecule has 2 fully saturated rings. The Morgan fingerprint density at radius 1 is 1.03 bits per heavy atom. The topological polar surface area (TPSA) is 131 Å². The quantitative estimate of drug-likeness (QED) is 0.567. The molecule has 1 spiro atoms. The van der Waals surface area contributed by atoms with Gasteiger partial charge >= 0.3 is 0 Å². The highest BCUT2D eigenvalue weighted by Gasteiger charge is 2.49. The fourth-order valence-corrected chi connectivity index (χ4v) is 5.00. The van der Waals surface area contributed by atoms with Crippen LogP contribution < -0.4 is 24.8 Å². The molecular formula is C26H31N5O5. The number of nitrogens with zero attached hydrogens (tertiary/aromatic N) is 3. The number of benzene rings is 1. The average molecular weight is 494 g/mol. The number of allylic oxidation sites excluding steroid dienone is 1. The molecule has 2 amide bonds. The molecule has 0 atom stereocenters. The largest absolute Gasteiger partial charge is 0.496 e. The Kier molecular flexibility index (Phi) is 7.14. The molecule has 2 aliphatic rings. The summed E-state index contributed by atoms with van der Waals surface area (Å²) in [7, 11) is 4.52. The number of amides is 2. The van der Waals surface area contributed by atoms with Crippen LogP contribution in [0, 0.1) is 10.8 Å². The molecule has 36 heavy (non-hydrogen) atoms. The van der Waals surface area contributed by atoms with Crippen LogP contribution in [-0.4, -0.2) is 68.9 Å². The van der Waals surface area contributed by atoms with Crippen LogP contribution >= 0.6 is 0 Å². The van der Waals surface area contributed by atoms with Gasteiger partial charge in [-0.3, -0.25) is 9.59 Å². The van der Waals surface area contributed by atoms with E-state index in [-0.39, 0.29) is 17.7 Å². The maximum atomic E-state index is 13.6. The van der Waals surface area contributed by atoms with Gasteiger partial charge < -0.3 is 35.2 Å². The molecule has 2 aliphatic heterocycles. The predicted molar refractivity (Wildman–Crippen MR) is 136 cm³/mol. The maximum absolute atomic E-state index is 13.6. The minimum absolute atomic E-state index is 0.0646. The molecule has 1 aromatic carbocycles. The van der Waals surface area contributed by atoms with Gasteiger partial charge in [0, 0.05) is 61.0 Å². The predicted octanol–water partition coefficient (Wildman–Crippen LogP) is 2.72. The summed E-state index contributed by atoms with van der Waals surface area (Å²) in [6.07, 6.45) is 4.42. The zero-order chi connectivity index (χ0) is 25.9. The van der Waals surface area contributed by atoms with E-state index in [0.717, 1.165) is 12.1 Å². The number of piperidine rings is 1. The summed E-state index contributed by atoms with van der Waals surface area (Å²) >= 11 is 0. The second-order valence-corrected chi connectivity index (χ2v) is 8.84. The number of nitrogens with one attached hydrogen (secondary N) is 1. The van der Waals surface area contributed by atoms with Crippen LogP contribution in [0.15, 0.2) is 36.5 Å². The Morgan fingerprint density at radius 3 is 2.33 bits per heavy atom. The number of methoxy groups -OCH3 is 3. The number of likely N-dealkylation sites (tertiary alicyclic amines) is 1. The lowest BCUT2D eigenvalue weighted by Crippen LogP contribution is -2.46. The molecule has 0 unspecified atom stereocenters. The van der Waals surface area contributed by atoms with Crippen molar-refractivity contribution in [3.05, 3.63) is 47.7 Å². The second-order valence-electron chi connectivity index (χ2n) is 8.84. The number of hydrogen-bond donors (Lipinski definition) is 2. The number of hydrogen-bond acceptors (Lipinski definition) is 8. The van der Waals surface area contributed by atoms with Gasteiger partial charge in [0.2, 0.25) is 17.7 Å². The molecule has 10 nitrogen and oxygen atoms in total. The minimum atomic E-state index is -0.498. The van der Waals surface area contributed by atoms with Crippen molar-refractivity contribution in [3.8, 4) is 17.5 Å². The highest BCUT2D eigenvalue weighted by Crippen LogP contribution is 2.44. The van der Waals surface area contributed by atoms with E-state index in [4.69, 9.17) is 25.4 Å². The monoisotopic (exact) mass is 493 g/mol. The van der Waals surface area contributed by atoms with Crippen molar-refractivity contribution in [2.75, 3.05) is 45.9 Å². The van der Waals surface area contributed by atoms with Gasteiger partial charge in [-0.25, -0.2) is 0 Å². The van der Waals surface area contributed by atoms with Crippen LogP contribution in [0.25, 0.3) is 5.57 Å². The molecule has 1 aromatic heterocycles. The Hall–Kier alpha value is -4.08. The zero-order valence-corrected chi connectivity index (χ0v) is 20.7. The summed E-state index contributed by atoms with van der Waals surface area (Å²) in [4.78, 5) is 34.5. The molecule has 3 N–H and O–H groups in total. The van der Waals surface area contributed by atoms with Crippen LogP contribution in [-0.2, 0) is 4.79 Å². The SMILES string of the molecule is COc1ccc(C(=O)N2CCC3(CC2)CCN(c2ccc(/C(C=N)=C/N)c(OC)c2)C3=O)c(OC)n1. The lowest BCUT2D eigenvalue weighted by molar-refractivity contribution is -0.127. The molecule has 4 rings (SSSR count). The van der Waals surface area contributed by atoms with Crippen molar-refractivity contribution < 1.29 is 23.8 Å². The average Bonchev–Trinajstić information content (AvgIpc) is 3.24. The maximum Gasteiger partial charge on any atom is 0.259 e. The number of carbonyl (C=O) groups is 2. The number of nitrogens with two attached hydrogens (primary N) is 1. The molecule has 10 heteroatoms. The van der Waals surface area contributed by atoms with E-state index in [2.05, 4.69) is 4.98 Å². The van der Waals surface area contributed by atoms with E-state index >= 15 is 0 Å². The lowest BCUT2D eigenvalue weighted by Gasteiger charge is -2.38. The van der Waals surface area contributed by atoms with E-state index in [1.807, 2.05) is 12.1 Å². The van der Waals surface area contributed by atoms with E-state index in [0.29, 0.717) is 60.8 Å². The van der Waals surface area contributed by atoms with E-state index < -0.39 is 5.41 Å². The van der Waals surface area contributed by atoms with Crippen LogP contribution in [0.1, 0.15) is 35.2 Å². The molecule has 190 valence electrons. The molecule has 0 radical (unpaired) electrons. The van der Waals surface area contributed by atoms with Crippen molar-refractivity contribution in [2.24, 2.45) is 11.1 Å². The Morgan fingerprint density at radius 2 is 1.72 bits per heavy atom. The standard InChI is InChI=1S/C26H31N5O5/c1-34-21-14-18(4-5-19(21)17(15-27)16-28)31-13-10-26(25(31)33)8-11-30(12-9-26)24(32)20-6-7-22(35-2)29-23(20)36-3/h4-7,14-16,27H,8-13,28H2,1-3H3/b17-16+,27-15?. The van der Waals surface area contributed by atoms with Gasteiger partial charge in [-0.15, -0.1) is 0 Å². The summed E-state index contributed by atoms with van der Waals surface area (Å²) < 4.78 is 15.9. The summed E-state index contributed by atoms with van der Waals surface area (Å²) in [6.45, 7) is 1.54. The third-order valence-corrected chi connectivity index (χ3v) is 7.13. The molecular weight excluding hydrogens is 462 g/mol. The fraction of sp³-hybridized carbons (Fsp3) is 0.385. The van der Waals surface area contributed by atoms with Gasteiger partial charge in [0.1, 0.15) is 11.3 Å². The van der Waals surface area contributed by atoms with E-state index in [9.17, 15) is 9.59 Å². The minimum Gasteiger partial charge on any atom is -0.496 e. The van der Waals surface area contributed by atoms with E-state index in [1.54, 1.807) is 35.1 Å². The van der Waals surface area contributed by atoms with Gasteiger partial charge in [-0.1, -0.05) is 0 Å². The van der Waals surface area contributed by atoms with Crippen molar-refractivity contribution >= 4 is 29.3 Å². The molecule has 0 bridgehead atoms. The zero-order valence-electron chi connectivity index (χ0n) is 20.7. The molecule has 3 heterocycles. The normalized spacial score (nSPS) is 17.3. The number of pyridine rings is 1. The first-order valence-corrected chi connectivity index (χ1v) is 11.7. The molecule has 0 aliphatic carbocycles. The van der Waals surface area contributed by atoms with Gasteiger partial charge in [-0.05, 0) is 37.5 Å². The number of carbonyl (C=O) groups excluding carboxylic acids is 2. The first kappa shape index (κ1) is 25.0. The summed E-state index contributed by atoms with van der Waals surface area (Å²) in [6, 6.07) is 8.76. The number of aromatic nitrogens is 1. The molecule has 0 saturated carbocycles. The lowest BCUT2D eigenvalue weighted by atomic mass is 9.77. The second kappa shape index (κ2) is 10.3. The van der Waals surface area contributed by atoms with Crippen LogP contribution in [0.5, 0.6) is 17.5 Å². The fourth-order valence-electron chi connectivity index (χ4n) is 5.00. The van der Waals surface area contributed by atoms with Crippen molar-refractivity contribution in [1.29, 1.82) is 5.41 Å². The smallest absolute Gasteiger partial charge is 0.259 e. The first-order valence-electron chi connectivity index (χ1n) is 11.7. The Labute approximate surface area is 210 Å². The number of ether oxygens (including phenoxy) is 3. The van der Waals surface area contributed by atoms with Gasteiger partial charge in [0.25, 0.3) is 5.91 Å². The third-order valence-electron chi connectivity index (χ3n) is 7.13. The third kappa shape index (κ3) is 4.34. The van der Waals surface area contributed by atoms with Crippen molar-refractivity contribution in [1.82, 2.24) is 9.88 Å². The highest BCUT2D eigenvalue weighted by atomic mass is 16.5. The highest BCUT2D eigenvalue weighted by molar-refractivity contribution is 6.09. The van der Waals surface area contributed by atoms with Crippen LogP contribution in [0.3, 0.4) is 0 Å². The van der Waals surface area contributed by atoms with Gasteiger partial charge in [-0.2, -0.15) is 4.98 Å². The summed E-state index contributed by atoms with van der Waals surface area (Å²) in [5, 5.41) is 7.56. The summed E-state index contributed by atoms with van der Waals surface area (Å²) in [5.74, 6) is 1.03. The molecule has 2 saturated heterocycles. The van der Waals surface area contributed by atoms with Gasteiger partial charge in [0.15, 0.2) is 0 Å². The Balaban J connectivity index is 1.48. The van der Waals surface area contributed by atoms with Crippen molar-refractivity contribution in [3.63, 3.8) is 0 Å². The first-order chi connectivity index (χ1) is 17.4. The van der Waals surface area contributed by atoms with Crippen LogP contribution in [0.2, 0.25) is 0 Å². The summed E-state index contributed by atoms with van der Waals surface area (Å²) in [5.41, 5.74) is 7.47. The Bertz CT molecular complexity index is 1200. The van der Waals surface area contributed by atoms with E-state index in [1.165, 1.54) is 26.6 Å². The number of rotatable bonds is 7. The van der Waals surface area contributed by atoms with Crippen LogP contribution in [0.4, 0.5) is 5.69 Å².